The van der Waals surface area contributed by atoms with E-state index in [0.29, 0.717) is 13.2 Å². The van der Waals surface area contributed by atoms with Gasteiger partial charge in [0.05, 0.1) is 12.3 Å². The molecule has 5 nitrogen and oxygen atoms in total. The Hall–Kier alpha value is -2.30. The van der Waals surface area contributed by atoms with Gasteiger partial charge in [0.15, 0.2) is 0 Å². The molecule has 0 spiro atoms. The number of nitrogens with zero attached hydrogens (tertiary/aromatic N) is 1. The molecule has 3 rings (SSSR count). The number of ether oxygens (including phenoxy) is 1. The molecule has 0 saturated heterocycles. The lowest BCUT2D eigenvalue weighted by molar-refractivity contribution is -0.125. The second-order valence-electron chi connectivity index (χ2n) is 6.10. The number of hydrogen-bond donors (Lipinski definition) is 2. The first kappa shape index (κ1) is 15.6. The fraction of sp³-hybridized carbons (Fsp3) is 0.444. The Kier molecular flexibility index (Phi) is 4.65. The number of nitrogens with one attached hydrogen (secondary N) is 2. The van der Waals surface area contributed by atoms with E-state index in [-0.39, 0.29) is 11.8 Å². The van der Waals surface area contributed by atoms with Crippen molar-refractivity contribution in [2.45, 2.75) is 33.1 Å². The maximum atomic E-state index is 12.5. The number of carbonyl (C=O) groups excluding carboxylic acids is 1. The zero-order valence-corrected chi connectivity index (χ0v) is 13.7. The van der Waals surface area contributed by atoms with Crippen molar-refractivity contribution in [1.29, 1.82) is 0 Å². The second-order valence-corrected chi connectivity index (χ2v) is 6.10. The molecule has 0 bridgehead atoms. The van der Waals surface area contributed by atoms with E-state index >= 15 is 0 Å². The van der Waals surface area contributed by atoms with Crippen molar-refractivity contribution in [3.63, 3.8) is 0 Å². The van der Waals surface area contributed by atoms with Gasteiger partial charge in [-0.25, -0.2) is 0 Å². The summed E-state index contributed by atoms with van der Waals surface area (Å²) in [6.45, 7) is 5.23. The number of aryl methyl sites for hydroxylation is 2. The van der Waals surface area contributed by atoms with Gasteiger partial charge in [-0.05, 0) is 50.3 Å². The first-order chi connectivity index (χ1) is 11.1. The summed E-state index contributed by atoms with van der Waals surface area (Å²) in [6.07, 6.45) is 2.30. The van der Waals surface area contributed by atoms with Crippen LogP contribution in [0.25, 0.3) is 0 Å². The van der Waals surface area contributed by atoms with E-state index in [1.807, 2.05) is 38.1 Å². The molecule has 0 aliphatic carbocycles. The maximum Gasteiger partial charge on any atom is 0.223 e. The highest BCUT2D eigenvalue weighted by Crippen LogP contribution is 2.26. The van der Waals surface area contributed by atoms with Gasteiger partial charge in [0.1, 0.15) is 5.75 Å². The van der Waals surface area contributed by atoms with Crippen LogP contribution >= 0.6 is 0 Å². The number of H-pyrrole nitrogens is 1. The molecule has 0 saturated carbocycles. The van der Waals surface area contributed by atoms with Crippen LogP contribution in [-0.2, 0) is 17.6 Å². The van der Waals surface area contributed by atoms with E-state index in [4.69, 9.17) is 4.74 Å². The average Bonchev–Trinajstić information content (AvgIpc) is 2.77. The van der Waals surface area contributed by atoms with Crippen molar-refractivity contribution in [2.24, 2.45) is 5.92 Å². The molecular formula is C18H23N3O2. The van der Waals surface area contributed by atoms with Crippen LogP contribution in [0.2, 0.25) is 0 Å². The van der Waals surface area contributed by atoms with Crippen LogP contribution in [0.4, 0.5) is 0 Å². The Morgan fingerprint density at radius 2 is 2.22 bits per heavy atom. The highest BCUT2D eigenvalue weighted by molar-refractivity contribution is 5.79. The molecule has 1 aromatic heterocycles. The van der Waals surface area contributed by atoms with E-state index < -0.39 is 0 Å². The molecule has 1 amide bonds. The molecule has 1 unspecified atom stereocenters. The number of fused-ring (bicyclic) bond motifs is 1. The van der Waals surface area contributed by atoms with Gasteiger partial charge in [0.2, 0.25) is 5.91 Å². The van der Waals surface area contributed by atoms with Gasteiger partial charge >= 0.3 is 0 Å². The summed E-state index contributed by atoms with van der Waals surface area (Å²) in [5.74, 6) is 1.00. The molecule has 1 aliphatic rings. The second kappa shape index (κ2) is 6.86. The van der Waals surface area contributed by atoms with Crippen LogP contribution in [0.15, 0.2) is 24.3 Å². The minimum atomic E-state index is -0.0230. The summed E-state index contributed by atoms with van der Waals surface area (Å²) in [5, 5.41) is 10.2. The number of para-hydroxylation sites is 1. The first-order valence-electron chi connectivity index (χ1n) is 8.14. The molecule has 0 fully saturated rings. The quantitative estimate of drug-likeness (QED) is 0.910. The Balaban J connectivity index is 1.56. The highest BCUT2D eigenvalue weighted by atomic mass is 16.5. The van der Waals surface area contributed by atoms with Crippen LogP contribution in [0, 0.1) is 19.8 Å². The van der Waals surface area contributed by atoms with E-state index in [1.54, 1.807) is 0 Å². The Morgan fingerprint density at radius 3 is 3.00 bits per heavy atom. The van der Waals surface area contributed by atoms with Gasteiger partial charge in [-0.15, -0.1) is 0 Å². The lowest BCUT2D eigenvalue weighted by Gasteiger charge is -2.14. The summed E-state index contributed by atoms with van der Waals surface area (Å²) in [6, 6.07) is 7.97. The van der Waals surface area contributed by atoms with Crippen LogP contribution in [0.1, 0.15) is 28.9 Å². The molecule has 2 aromatic rings. The van der Waals surface area contributed by atoms with Crippen LogP contribution in [-0.4, -0.2) is 29.3 Å². The number of hydrogen-bond acceptors (Lipinski definition) is 3. The van der Waals surface area contributed by atoms with E-state index in [9.17, 15) is 4.79 Å². The standard InChI is InChI=1S/C18H23N3O2/c1-12-16(13(2)21-20-12)7-9-19-18(22)15-8-10-23-17-6-4-3-5-14(17)11-15/h3-6,15H,7-11H2,1-2H3,(H,19,22)(H,20,21). The number of aromatic amines is 1. The van der Waals surface area contributed by atoms with Gasteiger partial charge in [-0.2, -0.15) is 5.10 Å². The maximum absolute atomic E-state index is 12.5. The summed E-state index contributed by atoms with van der Waals surface area (Å²) in [4.78, 5) is 12.5. The zero-order chi connectivity index (χ0) is 16.2. The topological polar surface area (TPSA) is 67.0 Å². The molecule has 2 heterocycles. The van der Waals surface area contributed by atoms with Gasteiger partial charge < -0.3 is 10.1 Å². The summed E-state index contributed by atoms with van der Waals surface area (Å²) in [5.41, 5.74) is 4.40. The predicted molar refractivity (Wildman–Crippen MR) is 88.5 cm³/mol. The molecule has 122 valence electrons. The summed E-state index contributed by atoms with van der Waals surface area (Å²) >= 11 is 0. The van der Waals surface area contributed by atoms with E-state index in [2.05, 4.69) is 15.5 Å². The minimum Gasteiger partial charge on any atom is -0.493 e. The number of rotatable bonds is 4. The molecular weight excluding hydrogens is 290 g/mol. The Labute approximate surface area is 136 Å². The Bertz CT molecular complexity index is 674. The van der Waals surface area contributed by atoms with Crippen LogP contribution in [0.5, 0.6) is 5.75 Å². The van der Waals surface area contributed by atoms with Crippen molar-refractivity contribution in [1.82, 2.24) is 15.5 Å². The van der Waals surface area contributed by atoms with Gasteiger partial charge in [-0.1, -0.05) is 18.2 Å². The third kappa shape index (κ3) is 3.55. The lowest BCUT2D eigenvalue weighted by atomic mass is 9.96. The summed E-state index contributed by atoms with van der Waals surface area (Å²) in [7, 11) is 0. The van der Waals surface area contributed by atoms with E-state index in [0.717, 1.165) is 42.0 Å². The fourth-order valence-corrected chi connectivity index (χ4v) is 3.11. The fourth-order valence-electron chi connectivity index (χ4n) is 3.11. The third-order valence-electron chi connectivity index (χ3n) is 4.49. The molecule has 1 aromatic carbocycles. The number of aromatic nitrogens is 2. The molecule has 0 radical (unpaired) electrons. The normalized spacial score (nSPS) is 17.0. The highest BCUT2D eigenvalue weighted by Gasteiger charge is 2.23. The molecule has 1 aliphatic heterocycles. The van der Waals surface area contributed by atoms with Gasteiger partial charge in [0.25, 0.3) is 0 Å². The molecule has 1 atom stereocenters. The SMILES string of the molecule is Cc1n[nH]c(C)c1CCNC(=O)C1CCOc2ccccc2C1. The van der Waals surface area contributed by atoms with Gasteiger partial charge in [-0.3, -0.25) is 9.89 Å². The minimum absolute atomic E-state index is 0.0230. The van der Waals surface area contributed by atoms with Gasteiger partial charge in [0, 0.05) is 18.2 Å². The van der Waals surface area contributed by atoms with E-state index in [1.165, 1.54) is 5.56 Å². The largest absolute Gasteiger partial charge is 0.493 e. The van der Waals surface area contributed by atoms with Crippen molar-refractivity contribution < 1.29 is 9.53 Å². The predicted octanol–water partition coefficient (Wildman–Crippen LogP) is 2.33. The smallest absolute Gasteiger partial charge is 0.223 e. The van der Waals surface area contributed by atoms with Crippen molar-refractivity contribution in [3.8, 4) is 5.75 Å². The van der Waals surface area contributed by atoms with Crippen LogP contribution in [0.3, 0.4) is 0 Å². The number of benzene rings is 1. The lowest BCUT2D eigenvalue weighted by Crippen LogP contribution is -2.33. The monoisotopic (exact) mass is 313 g/mol. The average molecular weight is 313 g/mol. The molecule has 5 heteroatoms. The van der Waals surface area contributed by atoms with Crippen LogP contribution < -0.4 is 10.1 Å². The third-order valence-corrected chi connectivity index (χ3v) is 4.49. The van der Waals surface area contributed by atoms with Crippen molar-refractivity contribution >= 4 is 5.91 Å². The number of carbonyl (C=O) groups is 1. The molecule has 2 N–H and O–H groups in total. The summed E-state index contributed by atoms with van der Waals surface area (Å²) < 4.78 is 5.73. The van der Waals surface area contributed by atoms with Crippen molar-refractivity contribution in [2.75, 3.05) is 13.2 Å². The van der Waals surface area contributed by atoms with Crippen molar-refractivity contribution in [3.05, 3.63) is 46.8 Å². The zero-order valence-electron chi connectivity index (χ0n) is 13.7. The number of amides is 1. The Morgan fingerprint density at radius 1 is 1.39 bits per heavy atom. The first-order valence-corrected chi connectivity index (χ1v) is 8.14. The molecule has 23 heavy (non-hydrogen) atoms.